The molecule has 1 saturated heterocycles. The first kappa shape index (κ1) is 15.6. The number of morpholine rings is 1. The van der Waals surface area contributed by atoms with Gasteiger partial charge in [0.15, 0.2) is 0 Å². The van der Waals surface area contributed by atoms with Gasteiger partial charge in [0, 0.05) is 44.0 Å². The monoisotopic (exact) mass is 343 g/mol. The van der Waals surface area contributed by atoms with Crippen LogP contribution in [0.5, 0.6) is 0 Å². The Morgan fingerprint density at radius 2 is 1.79 bits per heavy atom. The minimum Gasteiger partial charge on any atom is -0.379 e. The number of anilines is 3. The molecule has 3 heterocycles. The number of carbonyl (C=O) groups excluding carboxylic acids is 1. The van der Waals surface area contributed by atoms with Crippen LogP contribution in [0.25, 0.3) is 0 Å². The standard InChI is InChI=1S/C18H21N3O2S/c1-19-15-4-2-3-5-16(15)21(7-6-20-8-10-23-11-9-20)18(22)14-12-24-13-17(14)19/h2-5,12-13H,6-11H2,1H3. The molecule has 0 aliphatic carbocycles. The molecule has 1 fully saturated rings. The van der Waals surface area contributed by atoms with Crippen molar-refractivity contribution in [2.45, 2.75) is 0 Å². The molecule has 0 saturated carbocycles. The van der Waals surface area contributed by atoms with Gasteiger partial charge in [-0.05, 0) is 12.1 Å². The number of fused-ring (bicyclic) bond motifs is 2. The molecule has 1 aromatic carbocycles. The molecule has 2 aliphatic heterocycles. The Hall–Kier alpha value is -1.89. The van der Waals surface area contributed by atoms with Crippen LogP contribution in [0.3, 0.4) is 0 Å². The van der Waals surface area contributed by atoms with Crippen LogP contribution in [0.1, 0.15) is 10.4 Å². The summed E-state index contributed by atoms with van der Waals surface area (Å²) in [5.74, 6) is 0.0938. The molecular formula is C18H21N3O2S. The van der Waals surface area contributed by atoms with E-state index in [2.05, 4.69) is 21.2 Å². The van der Waals surface area contributed by atoms with Crippen molar-refractivity contribution in [3.63, 3.8) is 0 Å². The Bertz CT molecular complexity index is 739. The average Bonchev–Trinajstić information content (AvgIpc) is 3.09. The summed E-state index contributed by atoms with van der Waals surface area (Å²) in [6.07, 6.45) is 0. The average molecular weight is 343 g/mol. The summed E-state index contributed by atoms with van der Waals surface area (Å²) < 4.78 is 5.41. The molecule has 6 heteroatoms. The summed E-state index contributed by atoms with van der Waals surface area (Å²) in [6.45, 7) is 5.00. The molecule has 0 spiro atoms. The highest BCUT2D eigenvalue weighted by Crippen LogP contribution is 2.40. The van der Waals surface area contributed by atoms with E-state index in [0.29, 0.717) is 6.54 Å². The molecule has 0 radical (unpaired) electrons. The maximum atomic E-state index is 13.1. The van der Waals surface area contributed by atoms with E-state index in [4.69, 9.17) is 4.74 Å². The zero-order valence-corrected chi connectivity index (χ0v) is 14.6. The molecule has 4 rings (SSSR count). The summed E-state index contributed by atoms with van der Waals surface area (Å²) >= 11 is 1.58. The van der Waals surface area contributed by atoms with Gasteiger partial charge in [-0.3, -0.25) is 9.69 Å². The van der Waals surface area contributed by atoms with Crippen LogP contribution < -0.4 is 9.80 Å². The number of benzene rings is 1. The smallest absolute Gasteiger partial charge is 0.261 e. The third kappa shape index (κ3) is 2.70. The summed E-state index contributed by atoms with van der Waals surface area (Å²) in [5.41, 5.74) is 3.84. The van der Waals surface area contributed by atoms with Crippen molar-refractivity contribution >= 4 is 34.3 Å². The Morgan fingerprint density at radius 1 is 1.04 bits per heavy atom. The lowest BCUT2D eigenvalue weighted by Crippen LogP contribution is -2.43. The number of rotatable bonds is 3. The lowest BCUT2D eigenvalue weighted by molar-refractivity contribution is 0.0391. The van der Waals surface area contributed by atoms with Gasteiger partial charge in [-0.2, -0.15) is 0 Å². The van der Waals surface area contributed by atoms with Gasteiger partial charge in [0.1, 0.15) is 0 Å². The predicted molar refractivity (Wildman–Crippen MR) is 97.8 cm³/mol. The summed E-state index contributed by atoms with van der Waals surface area (Å²) in [7, 11) is 2.03. The van der Waals surface area contributed by atoms with E-state index < -0.39 is 0 Å². The molecule has 1 aromatic heterocycles. The van der Waals surface area contributed by atoms with E-state index in [0.717, 1.165) is 55.5 Å². The van der Waals surface area contributed by atoms with Crippen LogP contribution in [0.4, 0.5) is 17.1 Å². The van der Waals surface area contributed by atoms with Crippen LogP contribution in [0.2, 0.25) is 0 Å². The van der Waals surface area contributed by atoms with Crippen molar-refractivity contribution in [3.05, 3.63) is 40.6 Å². The second-order valence-corrected chi connectivity index (χ2v) is 6.87. The van der Waals surface area contributed by atoms with E-state index in [-0.39, 0.29) is 5.91 Å². The lowest BCUT2D eigenvalue weighted by atomic mass is 10.2. The number of hydrogen-bond donors (Lipinski definition) is 0. The van der Waals surface area contributed by atoms with Gasteiger partial charge in [-0.1, -0.05) is 12.1 Å². The number of amides is 1. The number of thiophene rings is 1. The van der Waals surface area contributed by atoms with E-state index in [1.807, 2.05) is 35.5 Å². The van der Waals surface area contributed by atoms with Gasteiger partial charge in [0.2, 0.25) is 0 Å². The van der Waals surface area contributed by atoms with Gasteiger partial charge in [0.25, 0.3) is 5.91 Å². The fraction of sp³-hybridized carbons (Fsp3) is 0.389. The van der Waals surface area contributed by atoms with Crippen LogP contribution >= 0.6 is 11.3 Å². The first-order valence-electron chi connectivity index (χ1n) is 8.26. The van der Waals surface area contributed by atoms with Gasteiger partial charge in [-0.15, -0.1) is 11.3 Å². The molecular weight excluding hydrogens is 322 g/mol. The zero-order chi connectivity index (χ0) is 16.5. The van der Waals surface area contributed by atoms with Crippen molar-refractivity contribution in [1.82, 2.24) is 4.90 Å². The van der Waals surface area contributed by atoms with Gasteiger partial charge in [0.05, 0.1) is 35.8 Å². The van der Waals surface area contributed by atoms with E-state index in [9.17, 15) is 4.79 Å². The molecule has 2 aliphatic rings. The second-order valence-electron chi connectivity index (χ2n) is 6.13. The summed E-state index contributed by atoms with van der Waals surface area (Å²) in [5, 5.41) is 4.01. The molecule has 0 atom stereocenters. The van der Waals surface area contributed by atoms with Crippen molar-refractivity contribution in [3.8, 4) is 0 Å². The Labute approximate surface area is 146 Å². The first-order chi connectivity index (χ1) is 11.8. The number of hydrogen-bond acceptors (Lipinski definition) is 5. The number of nitrogens with zero attached hydrogens (tertiary/aromatic N) is 3. The SMILES string of the molecule is CN1c2cscc2C(=O)N(CCN2CCOCC2)c2ccccc21. The van der Waals surface area contributed by atoms with Crippen LogP contribution in [0, 0.1) is 0 Å². The minimum absolute atomic E-state index is 0.0938. The minimum atomic E-state index is 0.0938. The molecule has 0 N–H and O–H groups in total. The predicted octanol–water partition coefficient (Wildman–Crippen LogP) is 2.81. The van der Waals surface area contributed by atoms with Crippen molar-refractivity contribution in [2.75, 3.05) is 56.2 Å². The molecule has 126 valence electrons. The first-order valence-corrected chi connectivity index (χ1v) is 9.21. The zero-order valence-electron chi connectivity index (χ0n) is 13.8. The largest absolute Gasteiger partial charge is 0.379 e. The topological polar surface area (TPSA) is 36.0 Å². The van der Waals surface area contributed by atoms with Crippen LogP contribution in [-0.4, -0.2) is 57.2 Å². The number of para-hydroxylation sites is 2. The molecule has 2 aromatic rings. The molecule has 5 nitrogen and oxygen atoms in total. The molecule has 1 amide bonds. The van der Waals surface area contributed by atoms with E-state index in [1.54, 1.807) is 11.3 Å². The maximum Gasteiger partial charge on any atom is 0.261 e. The van der Waals surface area contributed by atoms with Crippen LogP contribution in [0.15, 0.2) is 35.0 Å². The fourth-order valence-electron chi connectivity index (χ4n) is 3.36. The van der Waals surface area contributed by atoms with Crippen molar-refractivity contribution < 1.29 is 9.53 Å². The Kier molecular flexibility index (Phi) is 4.26. The second kappa shape index (κ2) is 6.55. The normalized spacial score (nSPS) is 18.3. The highest BCUT2D eigenvalue weighted by molar-refractivity contribution is 7.08. The molecule has 0 unspecified atom stereocenters. The van der Waals surface area contributed by atoms with Crippen molar-refractivity contribution in [1.29, 1.82) is 0 Å². The lowest BCUT2D eigenvalue weighted by Gasteiger charge is -2.30. The quantitative estimate of drug-likeness (QED) is 0.859. The number of ether oxygens (including phenoxy) is 1. The molecule has 0 bridgehead atoms. The van der Waals surface area contributed by atoms with Crippen LogP contribution in [-0.2, 0) is 4.74 Å². The third-order valence-corrected chi connectivity index (χ3v) is 5.49. The highest BCUT2D eigenvalue weighted by atomic mass is 32.1. The summed E-state index contributed by atoms with van der Waals surface area (Å²) in [6, 6.07) is 8.15. The maximum absolute atomic E-state index is 13.1. The van der Waals surface area contributed by atoms with Crippen molar-refractivity contribution in [2.24, 2.45) is 0 Å². The Morgan fingerprint density at radius 3 is 2.58 bits per heavy atom. The number of carbonyl (C=O) groups is 1. The van der Waals surface area contributed by atoms with E-state index in [1.165, 1.54) is 0 Å². The summed E-state index contributed by atoms with van der Waals surface area (Å²) in [4.78, 5) is 19.6. The van der Waals surface area contributed by atoms with E-state index >= 15 is 0 Å². The van der Waals surface area contributed by atoms with Gasteiger partial charge < -0.3 is 14.5 Å². The Balaban J connectivity index is 1.66. The molecule has 24 heavy (non-hydrogen) atoms. The van der Waals surface area contributed by atoms with Gasteiger partial charge in [-0.25, -0.2) is 0 Å². The van der Waals surface area contributed by atoms with Gasteiger partial charge >= 0.3 is 0 Å². The fourth-order valence-corrected chi connectivity index (χ4v) is 4.20. The highest BCUT2D eigenvalue weighted by Gasteiger charge is 2.30. The third-order valence-electron chi connectivity index (χ3n) is 4.76.